The van der Waals surface area contributed by atoms with Crippen LogP contribution in [0.2, 0.25) is 0 Å². The fraction of sp³-hybridized carbons (Fsp3) is 0.478. The number of benzene rings is 1. The number of nitrogens with zero attached hydrogens (tertiary/aromatic N) is 3. The van der Waals surface area contributed by atoms with E-state index in [4.69, 9.17) is 4.74 Å². The van der Waals surface area contributed by atoms with Gasteiger partial charge in [-0.15, -0.1) is 0 Å². The molecule has 1 amide bonds. The molecule has 6 heteroatoms. The first kappa shape index (κ1) is 21.1. The molecule has 0 N–H and O–H groups in total. The standard InChI is InChI=1S/C23H31N3O3/c1-5-29-20-8-6-19(7-9-20)15-23(28)26-12-10-25(11-13-26)16-22(27)21-14-17(2)24(4)18(21)3/h6-9,14H,5,10-13,15-16H2,1-4H3. The van der Waals surface area contributed by atoms with Gasteiger partial charge < -0.3 is 14.2 Å². The number of piperazine rings is 1. The molecule has 0 unspecified atom stereocenters. The van der Waals surface area contributed by atoms with Crippen molar-refractivity contribution in [3.8, 4) is 5.75 Å². The lowest BCUT2D eigenvalue weighted by molar-refractivity contribution is -0.132. The van der Waals surface area contributed by atoms with Gasteiger partial charge in [-0.1, -0.05) is 12.1 Å². The van der Waals surface area contributed by atoms with Crippen LogP contribution in [0.25, 0.3) is 0 Å². The molecule has 1 fully saturated rings. The Bertz CT molecular complexity index is 862. The molecular weight excluding hydrogens is 366 g/mol. The summed E-state index contributed by atoms with van der Waals surface area (Å²) in [5.74, 6) is 1.11. The van der Waals surface area contributed by atoms with Crippen LogP contribution in [0.5, 0.6) is 5.75 Å². The van der Waals surface area contributed by atoms with E-state index in [2.05, 4.69) is 4.90 Å². The lowest BCUT2D eigenvalue weighted by atomic mass is 10.1. The summed E-state index contributed by atoms with van der Waals surface area (Å²) in [4.78, 5) is 29.3. The summed E-state index contributed by atoms with van der Waals surface area (Å²) in [6.45, 7) is 9.77. The predicted octanol–water partition coefficient (Wildman–Crippen LogP) is 2.61. The van der Waals surface area contributed by atoms with Crippen LogP contribution in [0.1, 0.15) is 34.2 Å². The van der Waals surface area contributed by atoms with Crippen LogP contribution in [0.4, 0.5) is 0 Å². The maximum Gasteiger partial charge on any atom is 0.227 e. The molecule has 6 nitrogen and oxygen atoms in total. The second-order valence-electron chi connectivity index (χ2n) is 7.68. The lowest BCUT2D eigenvalue weighted by Crippen LogP contribution is -2.50. The van der Waals surface area contributed by atoms with Gasteiger partial charge >= 0.3 is 0 Å². The van der Waals surface area contributed by atoms with E-state index < -0.39 is 0 Å². The van der Waals surface area contributed by atoms with Gasteiger partial charge in [-0.3, -0.25) is 14.5 Å². The van der Waals surface area contributed by atoms with Gasteiger partial charge in [0.2, 0.25) is 5.91 Å². The molecule has 1 aliphatic heterocycles. The highest BCUT2D eigenvalue weighted by Crippen LogP contribution is 2.16. The number of rotatable bonds is 7. The van der Waals surface area contributed by atoms with Crippen molar-refractivity contribution in [1.82, 2.24) is 14.4 Å². The third-order valence-electron chi connectivity index (χ3n) is 5.76. The maximum atomic E-state index is 12.7. The van der Waals surface area contributed by atoms with E-state index in [0.29, 0.717) is 32.7 Å². The van der Waals surface area contributed by atoms with E-state index in [1.54, 1.807) is 0 Å². The van der Waals surface area contributed by atoms with E-state index in [1.807, 2.05) is 67.6 Å². The first-order valence-corrected chi connectivity index (χ1v) is 10.3. The molecule has 0 bridgehead atoms. The van der Waals surface area contributed by atoms with Crippen molar-refractivity contribution in [2.24, 2.45) is 7.05 Å². The van der Waals surface area contributed by atoms with Crippen LogP contribution in [0.3, 0.4) is 0 Å². The monoisotopic (exact) mass is 397 g/mol. The summed E-state index contributed by atoms with van der Waals surface area (Å²) >= 11 is 0. The molecule has 0 saturated carbocycles. The molecular formula is C23H31N3O3. The summed E-state index contributed by atoms with van der Waals surface area (Å²) in [6.07, 6.45) is 0.397. The van der Waals surface area contributed by atoms with Crippen LogP contribution in [0, 0.1) is 13.8 Å². The second kappa shape index (κ2) is 9.27. The van der Waals surface area contributed by atoms with E-state index >= 15 is 0 Å². The number of carbonyl (C=O) groups excluding carboxylic acids is 2. The molecule has 0 aliphatic carbocycles. The number of hydrogen-bond acceptors (Lipinski definition) is 4. The Morgan fingerprint density at radius 3 is 2.24 bits per heavy atom. The second-order valence-corrected chi connectivity index (χ2v) is 7.68. The van der Waals surface area contributed by atoms with Crippen molar-refractivity contribution in [3.05, 3.63) is 52.8 Å². The summed E-state index contributed by atoms with van der Waals surface area (Å²) in [6, 6.07) is 9.67. The van der Waals surface area contributed by atoms with Gasteiger partial charge in [-0.2, -0.15) is 0 Å². The summed E-state index contributed by atoms with van der Waals surface area (Å²) < 4.78 is 7.49. The zero-order valence-electron chi connectivity index (χ0n) is 17.9. The Hall–Kier alpha value is -2.60. The Morgan fingerprint density at radius 2 is 1.69 bits per heavy atom. The SMILES string of the molecule is CCOc1ccc(CC(=O)N2CCN(CC(=O)c3cc(C)n(C)c3C)CC2)cc1. The predicted molar refractivity (Wildman–Crippen MR) is 114 cm³/mol. The Kier molecular flexibility index (Phi) is 6.75. The molecule has 1 aromatic heterocycles. The number of carbonyl (C=O) groups is 2. The van der Waals surface area contributed by atoms with Crippen LogP contribution in [-0.4, -0.2) is 65.4 Å². The highest BCUT2D eigenvalue weighted by molar-refractivity contribution is 5.99. The molecule has 0 atom stereocenters. The van der Waals surface area contributed by atoms with Crippen molar-refractivity contribution in [3.63, 3.8) is 0 Å². The number of ether oxygens (including phenoxy) is 1. The van der Waals surface area contributed by atoms with Crippen molar-refractivity contribution in [2.45, 2.75) is 27.2 Å². The summed E-state index contributed by atoms with van der Waals surface area (Å²) in [7, 11) is 1.98. The third kappa shape index (κ3) is 5.07. The fourth-order valence-corrected chi connectivity index (χ4v) is 3.74. The fourth-order valence-electron chi connectivity index (χ4n) is 3.74. The number of aromatic nitrogens is 1. The Balaban J connectivity index is 1.48. The maximum absolute atomic E-state index is 12.7. The first-order valence-electron chi connectivity index (χ1n) is 10.3. The van der Waals surface area contributed by atoms with Crippen molar-refractivity contribution >= 4 is 11.7 Å². The minimum absolute atomic E-state index is 0.134. The van der Waals surface area contributed by atoms with Gasteiger partial charge in [0.25, 0.3) is 0 Å². The van der Waals surface area contributed by atoms with Crippen LogP contribution in [0.15, 0.2) is 30.3 Å². The Labute approximate surface area is 173 Å². The average Bonchev–Trinajstić information content (AvgIpc) is 2.97. The zero-order valence-corrected chi connectivity index (χ0v) is 17.9. The molecule has 2 aromatic rings. The molecule has 1 saturated heterocycles. The summed E-state index contributed by atoms with van der Waals surface area (Å²) in [5, 5.41) is 0. The highest BCUT2D eigenvalue weighted by Gasteiger charge is 2.24. The molecule has 3 rings (SSSR count). The lowest BCUT2D eigenvalue weighted by Gasteiger charge is -2.34. The largest absolute Gasteiger partial charge is 0.494 e. The quantitative estimate of drug-likeness (QED) is 0.674. The number of hydrogen-bond donors (Lipinski definition) is 0. The van der Waals surface area contributed by atoms with Gasteiger partial charge in [0.1, 0.15) is 5.75 Å². The van der Waals surface area contributed by atoms with E-state index in [1.165, 1.54) is 0 Å². The first-order chi connectivity index (χ1) is 13.9. The van der Waals surface area contributed by atoms with Gasteiger partial charge in [0.15, 0.2) is 5.78 Å². The summed E-state index contributed by atoms with van der Waals surface area (Å²) in [5.41, 5.74) is 3.90. The van der Waals surface area contributed by atoms with Crippen LogP contribution in [-0.2, 0) is 18.3 Å². The van der Waals surface area contributed by atoms with E-state index in [0.717, 1.165) is 41.4 Å². The number of aryl methyl sites for hydroxylation is 1. The van der Waals surface area contributed by atoms with Gasteiger partial charge in [-0.05, 0) is 44.5 Å². The molecule has 0 spiro atoms. The van der Waals surface area contributed by atoms with Crippen molar-refractivity contribution < 1.29 is 14.3 Å². The molecule has 1 aromatic carbocycles. The Morgan fingerprint density at radius 1 is 1.03 bits per heavy atom. The minimum atomic E-state index is 0.134. The topological polar surface area (TPSA) is 54.8 Å². The number of Topliss-reactive ketones (excluding diaryl/α,β-unsaturated/α-hetero) is 1. The van der Waals surface area contributed by atoms with Crippen LogP contribution >= 0.6 is 0 Å². The molecule has 2 heterocycles. The normalized spacial score (nSPS) is 14.8. The van der Waals surface area contributed by atoms with Crippen molar-refractivity contribution in [1.29, 1.82) is 0 Å². The smallest absolute Gasteiger partial charge is 0.227 e. The van der Waals surface area contributed by atoms with Crippen LogP contribution < -0.4 is 4.74 Å². The zero-order chi connectivity index (χ0) is 21.0. The van der Waals surface area contributed by atoms with E-state index in [-0.39, 0.29) is 11.7 Å². The average molecular weight is 398 g/mol. The highest BCUT2D eigenvalue weighted by atomic mass is 16.5. The van der Waals surface area contributed by atoms with Crippen molar-refractivity contribution in [2.75, 3.05) is 39.3 Å². The molecule has 0 radical (unpaired) electrons. The number of amides is 1. The van der Waals surface area contributed by atoms with Gasteiger partial charge in [-0.25, -0.2) is 0 Å². The third-order valence-corrected chi connectivity index (χ3v) is 5.76. The molecule has 29 heavy (non-hydrogen) atoms. The molecule has 156 valence electrons. The number of ketones is 1. The molecule has 1 aliphatic rings. The van der Waals surface area contributed by atoms with Gasteiger partial charge in [0.05, 0.1) is 19.6 Å². The van der Waals surface area contributed by atoms with E-state index in [9.17, 15) is 9.59 Å². The minimum Gasteiger partial charge on any atom is -0.494 e. The van der Waals surface area contributed by atoms with Gasteiger partial charge in [0, 0.05) is 50.2 Å².